The number of rotatable bonds is 3. The molecule has 0 atom stereocenters. The molecule has 0 unspecified atom stereocenters. The van der Waals surface area contributed by atoms with Crippen LogP contribution in [0.4, 0.5) is 5.82 Å². The lowest BCUT2D eigenvalue weighted by atomic mass is 10.1. The molecule has 120 valence electrons. The number of anilines is 1. The van der Waals surface area contributed by atoms with Crippen molar-refractivity contribution in [1.29, 1.82) is 0 Å². The minimum atomic E-state index is 0.763. The number of benzene rings is 1. The van der Waals surface area contributed by atoms with Gasteiger partial charge in [-0.2, -0.15) is 0 Å². The highest BCUT2D eigenvalue weighted by Gasteiger charge is 2.16. The van der Waals surface area contributed by atoms with Crippen LogP contribution in [0.2, 0.25) is 0 Å². The lowest BCUT2D eigenvalue weighted by molar-refractivity contribution is 0.573. The predicted octanol–water partition coefficient (Wildman–Crippen LogP) is 4.20. The Morgan fingerprint density at radius 2 is 1.50 bits per heavy atom. The second-order valence-electron chi connectivity index (χ2n) is 6.08. The minimum Gasteiger partial charge on any atom is -0.356 e. The largest absolute Gasteiger partial charge is 0.356 e. The Bertz CT molecular complexity index is 739. The van der Waals surface area contributed by atoms with Gasteiger partial charge in [0.2, 0.25) is 0 Å². The summed E-state index contributed by atoms with van der Waals surface area (Å²) in [6.07, 6.45) is 7.35. The Kier molecular flexibility index (Phi) is 4.19. The molecule has 0 spiro atoms. The van der Waals surface area contributed by atoms with Crippen molar-refractivity contribution in [3.05, 3.63) is 60.9 Å². The second-order valence-corrected chi connectivity index (χ2v) is 6.08. The summed E-state index contributed by atoms with van der Waals surface area (Å²) in [6, 6.07) is 16.4. The molecule has 2 aromatic heterocycles. The quantitative estimate of drug-likeness (QED) is 0.726. The smallest absolute Gasteiger partial charge is 0.162 e. The standard InChI is InChI=1S/C20H20N4/c1-3-7-16(8-4-1)18-15-19(24-13-5-2-6-14-24)23-20(22-18)17-9-11-21-12-10-17/h1,3-4,7-12,15H,2,5-6,13-14H2. The van der Waals surface area contributed by atoms with Crippen LogP contribution in [0, 0.1) is 0 Å². The lowest BCUT2D eigenvalue weighted by Gasteiger charge is -2.28. The topological polar surface area (TPSA) is 41.9 Å². The van der Waals surface area contributed by atoms with E-state index in [4.69, 9.17) is 9.97 Å². The van der Waals surface area contributed by atoms with Gasteiger partial charge in [0.25, 0.3) is 0 Å². The first-order valence-corrected chi connectivity index (χ1v) is 8.50. The Hall–Kier alpha value is -2.75. The van der Waals surface area contributed by atoms with Crippen molar-refractivity contribution in [2.24, 2.45) is 0 Å². The summed E-state index contributed by atoms with van der Waals surface area (Å²) in [7, 11) is 0. The van der Waals surface area contributed by atoms with Crippen LogP contribution in [0.5, 0.6) is 0 Å². The molecule has 1 saturated heterocycles. The zero-order chi connectivity index (χ0) is 16.2. The molecule has 0 amide bonds. The van der Waals surface area contributed by atoms with Crippen molar-refractivity contribution < 1.29 is 0 Å². The van der Waals surface area contributed by atoms with E-state index in [1.54, 1.807) is 12.4 Å². The number of nitrogens with zero attached hydrogens (tertiary/aromatic N) is 4. The molecule has 1 aromatic carbocycles. The van der Waals surface area contributed by atoms with E-state index in [0.717, 1.165) is 41.6 Å². The molecule has 1 fully saturated rings. The highest BCUT2D eigenvalue weighted by atomic mass is 15.2. The van der Waals surface area contributed by atoms with E-state index < -0.39 is 0 Å². The van der Waals surface area contributed by atoms with E-state index in [1.807, 2.05) is 30.3 Å². The third-order valence-corrected chi connectivity index (χ3v) is 4.40. The average Bonchev–Trinajstić information content (AvgIpc) is 2.70. The van der Waals surface area contributed by atoms with E-state index in [2.05, 4.69) is 28.1 Å². The maximum Gasteiger partial charge on any atom is 0.162 e. The van der Waals surface area contributed by atoms with Gasteiger partial charge >= 0.3 is 0 Å². The van der Waals surface area contributed by atoms with Gasteiger partial charge < -0.3 is 4.90 Å². The summed E-state index contributed by atoms with van der Waals surface area (Å²) in [6.45, 7) is 2.14. The van der Waals surface area contributed by atoms with Crippen LogP contribution in [0.15, 0.2) is 60.9 Å². The van der Waals surface area contributed by atoms with Crippen molar-refractivity contribution >= 4 is 5.82 Å². The molecule has 4 nitrogen and oxygen atoms in total. The number of aromatic nitrogens is 3. The fourth-order valence-electron chi connectivity index (χ4n) is 3.11. The van der Waals surface area contributed by atoms with Gasteiger partial charge in [0.05, 0.1) is 5.69 Å². The highest BCUT2D eigenvalue weighted by Crippen LogP contribution is 2.27. The van der Waals surface area contributed by atoms with Gasteiger partial charge in [-0.3, -0.25) is 4.98 Å². The molecule has 0 aliphatic carbocycles. The molecule has 1 aliphatic rings. The summed E-state index contributed by atoms with van der Waals surface area (Å²) >= 11 is 0. The predicted molar refractivity (Wildman–Crippen MR) is 96.8 cm³/mol. The summed E-state index contributed by atoms with van der Waals surface area (Å²) in [5, 5.41) is 0. The molecule has 3 aromatic rings. The maximum absolute atomic E-state index is 4.84. The molecule has 4 heteroatoms. The first kappa shape index (κ1) is 14.8. The molecule has 24 heavy (non-hydrogen) atoms. The summed E-state index contributed by atoms with van der Waals surface area (Å²) in [5.74, 6) is 1.79. The van der Waals surface area contributed by atoms with Crippen molar-refractivity contribution in [2.75, 3.05) is 18.0 Å². The van der Waals surface area contributed by atoms with Gasteiger partial charge in [-0.25, -0.2) is 9.97 Å². The van der Waals surface area contributed by atoms with E-state index in [-0.39, 0.29) is 0 Å². The van der Waals surface area contributed by atoms with Crippen LogP contribution < -0.4 is 4.90 Å². The number of hydrogen-bond donors (Lipinski definition) is 0. The summed E-state index contributed by atoms with van der Waals surface area (Å²) < 4.78 is 0. The van der Waals surface area contributed by atoms with E-state index in [1.165, 1.54) is 19.3 Å². The van der Waals surface area contributed by atoms with E-state index in [9.17, 15) is 0 Å². The van der Waals surface area contributed by atoms with Crippen molar-refractivity contribution in [2.45, 2.75) is 19.3 Å². The Morgan fingerprint density at radius 1 is 0.750 bits per heavy atom. The Morgan fingerprint density at radius 3 is 2.25 bits per heavy atom. The van der Waals surface area contributed by atoms with Crippen molar-refractivity contribution in [1.82, 2.24) is 15.0 Å². The number of piperidine rings is 1. The van der Waals surface area contributed by atoms with E-state index in [0.29, 0.717) is 0 Å². The van der Waals surface area contributed by atoms with Crippen LogP contribution >= 0.6 is 0 Å². The Labute approximate surface area is 142 Å². The highest BCUT2D eigenvalue weighted by molar-refractivity contribution is 5.67. The molecule has 0 radical (unpaired) electrons. The third-order valence-electron chi connectivity index (χ3n) is 4.40. The molecule has 3 heterocycles. The van der Waals surface area contributed by atoms with Gasteiger partial charge in [-0.1, -0.05) is 30.3 Å². The minimum absolute atomic E-state index is 0.763. The van der Waals surface area contributed by atoms with Gasteiger partial charge in [0.15, 0.2) is 5.82 Å². The van der Waals surface area contributed by atoms with Crippen molar-refractivity contribution in [3.63, 3.8) is 0 Å². The first-order chi connectivity index (χ1) is 11.9. The third kappa shape index (κ3) is 3.13. The van der Waals surface area contributed by atoms with Gasteiger partial charge in [0, 0.05) is 42.7 Å². The first-order valence-electron chi connectivity index (χ1n) is 8.50. The average molecular weight is 316 g/mol. The normalized spacial score (nSPS) is 14.6. The SMILES string of the molecule is c1ccc(-c2cc(N3CCCCC3)nc(-c3ccncc3)n2)cc1. The number of hydrogen-bond acceptors (Lipinski definition) is 4. The zero-order valence-corrected chi connectivity index (χ0v) is 13.6. The van der Waals surface area contributed by atoms with Gasteiger partial charge in [0.1, 0.15) is 5.82 Å². The molecular weight excluding hydrogens is 296 g/mol. The maximum atomic E-state index is 4.84. The zero-order valence-electron chi connectivity index (χ0n) is 13.6. The molecule has 4 rings (SSSR count). The van der Waals surface area contributed by atoms with Crippen LogP contribution in [0.25, 0.3) is 22.6 Å². The fourth-order valence-corrected chi connectivity index (χ4v) is 3.11. The van der Waals surface area contributed by atoms with Gasteiger partial charge in [-0.05, 0) is 31.4 Å². The fraction of sp³-hybridized carbons (Fsp3) is 0.250. The number of pyridine rings is 1. The summed E-state index contributed by atoms with van der Waals surface area (Å²) in [4.78, 5) is 16.1. The molecule has 0 bridgehead atoms. The van der Waals surface area contributed by atoms with Crippen LogP contribution in [-0.4, -0.2) is 28.0 Å². The Balaban J connectivity index is 1.81. The molecule has 1 aliphatic heterocycles. The molecule has 0 N–H and O–H groups in total. The van der Waals surface area contributed by atoms with Crippen LogP contribution in [-0.2, 0) is 0 Å². The molecular formula is C20H20N4. The van der Waals surface area contributed by atoms with Crippen LogP contribution in [0.1, 0.15) is 19.3 Å². The lowest BCUT2D eigenvalue weighted by Crippen LogP contribution is -2.30. The monoisotopic (exact) mass is 316 g/mol. The molecule has 0 saturated carbocycles. The van der Waals surface area contributed by atoms with E-state index >= 15 is 0 Å². The van der Waals surface area contributed by atoms with Crippen LogP contribution in [0.3, 0.4) is 0 Å². The second kappa shape index (κ2) is 6.79. The summed E-state index contributed by atoms with van der Waals surface area (Å²) in [5.41, 5.74) is 3.09. The van der Waals surface area contributed by atoms with Gasteiger partial charge in [-0.15, -0.1) is 0 Å². The van der Waals surface area contributed by atoms with Crippen molar-refractivity contribution in [3.8, 4) is 22.6 Å².